The van der Waals surface area contributed by atoms with Crippen molar-refractivity contribution in [3.8, 4) is 0 Å². The van der Waals surface area contributed by atoms with Gasteiger partial charge in [0.25, 0.3) is 0 Å². The molecular formula is C28H62Cl2N2. The molecule has 0 aliphatic carbocycles. The van der Waals surface area contributed by atoms with Crippen LogP contribution >= 0.6 is 0 Å². The van der Waals surface area contributed by atoms with Gasteiger partial charge in [-0.15, -0.1) is 0 Å². The van der Waals surface area contributed by atoms with E-state index in [1.807, 2.05) is 0 Å². The summed E-state index contributed by atoms with van der Waals surface area (Å²) < 4.78 is 2.46. The number of nitrogens with zero attached hydrogens (tertiary/aromatic N) is 2. The van der Waals surface area contributed by atoms with Gasteiger partial charge in [0.1, 0.15) is 0 Å². The van der Waals surface area contributed by atoms with Gasteiger partial charge in [-0.25, -0.2) is 0 Å². The number of hydrogen-bond donors (Lipinski definition) is 0. The fourth-order valence-electron chi connectivity index (χ4n) is 4.65. The predicted octanol–water partition coefficient (Wildman–Crippen LogP) is 2.21. The van der Waals surface area contributed by atoms with Gasteiger partial charge in [-0.05, 0) is 51.4 Å². The molecule has 4 heteroatoms. The zero-order valence-corrected chi connectivity index (χ0v) is 24.7. The molecule has 198 valence electrons. The highest BCUT2D eigenvalue weighted by Gasteiger charge is 2.15. The highest BCUT2D eigenvalue weighted by molar-refractivity contribution is 4.49. The summed E-state index contributed by atoms with van der Waals surface area (Å²) in [6.07, 6.45) is 25.7. The topological polar surface area (TPSA) is 0 Å². The van der Waals surface area contributed by atoms with Crippen molar-refractivity contribution in [2.24, 2.45) is 0 Å². The number of rotatable bonds is 23. The van der Waals surface area contributed by atoms with Crippen molar-refractivity contribution in [3.05, 3.63) is 0 Å². The van der Waals surface area contributed by atoms with Crippen molar-refractivity contribution < 1.29 is 33.8 Å². The monoisotopic (exact) mass is 496 g/mol. The molecule has 0 aliphatic rings. The maximum Gasteiger partial charge on any atom is 0.0782 e. The molecule has 0 heterocycles. The fraction of sp³-hybridized carbons (Fsp3) is 1.00. The van der Waals surface area contributed by atoms with Crippen LogP contribution in [0.5, 0.6) is 0 Å². The second kappa shape index (κ2) is 24.6. The van der Waals surface area contributed by atoms with Gasteiger partial charge < -0.3 is 33.8 Å². The van der Waals surface area contributed by atoms with Gasteiger partial charge in [0.15, 0.2) is 0 Å². The molecule has 0 aliphatic heterocycles. The molecule has 0 saturated carbocycles. The van der Waals surface area contributed by atoms with Crippen LogP contribution in [0.3, 0.4) is 0 Å². The summed E-state index contributed by atoms with van der Waals surface area (Å²) in [7, 11) is 9.78. The number of halogens is 2. The predicted molar refractivity (Wildman–Crippen MR) is 138 cm³/mol. The Bertz CT molecular complexity index is 325. The van der Waals surface area contributed by atoms with Gasteiger partial charge in [-0.1, -0.05) is 78.1 Å². The Hall–Kier alpha value is 0.500. The van der Waals surface area contributed by atoms with Crippen molar-refractivity contribution in [3.63, 3.8) is 0 Å². The summed E-state index contributed by atoms with van der Waals surface area (Å²) in [6.45, 7) is 10.1. The lowest BCUT2D eigenvalue weighted by molar-refractivity contribution is -0.891. The second-order valence-electron chi connectivity index (χ2n) is 11.4. The standard InChI is InChI=1S/C28H62N2.2ClH/c1-7-9-11-13-15-17-21-25-29(3,4)27-23-19-20-24-28-30(5,6)26-22-18-16-14-12-10-8-2;;/h7-28H2,1-6H3;2*1H/q+2;;/p-2. The van der Waals surface area contributed by atoms with Crippen molar-refractivity contribution in [2.45, 2.75) is 129 Å². The minimum atomic E-state index is 0. The number of hydrogen-bond acceptors (Lipinski definition) is 0. The molecule has 0 amide bonds. The first-order valence-electron chi connectivity index (χ1n) is 14.0. The third-order valence-electron chi connectivity index (χ3n) is 7.01. The first-order valence-corrected chi connectivity index (χ1v) is 14.0. The third-order valence-corrected chi connectivity index (χ3v) is 7.01. The van der Waals surface area contributed by atoms with Crippen LogP contribution in [-0.2, 0) is 0 Å². The van der Waals surface area contributed by atoms with Crippen LogP contribution in [0.2, 0.25) is 0 Å². The van der Waals surface area contributed by atoms with Gasteiger partial charge in [0, 0.05) is 0 Å². The van der Waals surface area contributed by atoms with Gasteiger partial charge in [0.05, 0.1) is 54.4 Å². The van der Waals surface area contributed by atoms with E-state index in [9.17, 15) is 0 Å². The zero-order valence-electron chi connectivity index (χ0n) is 23.2. The van der Waals surface area contributed by atoms with E-state index >= 15 is 0 Å². The molecule has 2 nitrogen and oxygen atoms in total. The average molecular weight is 498 g/mol. The molecular weight excluding hydrogens is 435 g/mol. The first-order chi connectivity index (χ1) is 14.3. The van der Waals surface area contributed by atoms with Crippen molar-refractivity contribution >= 4 is 0 Å². The van der Waals surface area contributed by atoms with E-state index in [0.29, 0.717) is 0 Å². The van der Waals surface area contributed by atoms with E-state index in [1.54, 1.807) is 0 Å². The van der Waals surface area contributed by atoms with Crippen LogP contribution in [-0.4, -0.2) is 63.3 Å². The molecule has 0 saturated heterocycles. The first kappa shape index (κ1) is 37.1. The molecule has 0 bridgehead atoms. The maximum atomic E-state index is 2.44. The van der Waals surface area contributed by atoms with Gasteiger partial charge in [-0.3, -0.25) is 0 Å². The normalized spacial score (nSPS) is 11.8. The fourth-order valence-corrected chi connectivity index (χ4v) is 4.65. The molecule has 0 fully saturated rings. The van der Waals surface area contributed by atoms with Crippen molar-refractivity contribution in [1.82, 2.24) is 0 Å². The van der Waals surface area contributed by atoms with Gasteiger partial charge in [-0.2, -0.15) is 0 Å². The Morgan fingerprint density at radius 1 is 0.312 bits per heavy atom. The Labute approximate surface area is 217 Å². The Kier molecular flexibility index (Phi) is 28.5. The smallest absolute Gasteiger partial charge is 0.0782 e. The van der Waals surface area contributed by atoms with Crippen LogP contribution in [0, 0.1) is 0 Å². The second-order valence-corrected chi connectivity index (χ2v) is 11.4. The molecule has 0 rings (SSSR count). The Morgan fingerprint density at radius 2 is 0.500 bits per heavy atom. The molecule has 0 radical (unpaired) electrons. The molecule has 0 aromatic carbocycles. The largest absolute Gasteiger partial charge is 1.00 e. The van der Waals surface area contributed by atoms with Crippen LogP contribution in [0.15, 0.2) is 0 Å². The molecule has 0 unspecified atom stereocenters. The third kappa shape index (κ3) is 26.7. The SMILES string of the molecule is CCCCCCCCC[N+](C)(C)CCCCCC[N+](C)(C)CCCCCCCCC.[Cl-].[Cl-]. The molecule has 0 aromatic rings. The maximum absolute atomic E-state index is 2.44. The Morgan fingerprint density at radius 3 is 0.719 bits per heavy atom. The summed E-state index contributed by atoms with van der Waals surface area (Å²) in [5, 5.41) is 0. The molecule has 0 N–H and O–H groups in total. The minimum Gasteiger partial charge on any atom is -1.00 e. The summed E-state index contributed by atoms with van der Waals surface area (Å²) in [4.78, 5) is 0. The lowest BCUT2D eigenvalue weighted by Crippen LogP contribution is -3.00. The average Bonchev–Trinajstić information content (AvgIpc) is 2.69. The van der Waals surface area contributed by atoms with Crippen LogP contribution < -0.4 is 24.8 Å². The quantitative estimate of drug-likeness (QED) is 0.150. The number of quaternary nitrogens is 2. The molecule has 0 aromatic heterocycles. The van der Waals surface area contributed by atoms with Crippen LogP contribution in [0.1, 0.15) is 129 Å². The van der Waals surface area contributed by atoms with Crippen molar-refractivity contribution in [2.75, 3.05) is 54.4 Å². The summed E-state index contributed by atoms with van der Waals surface area (Å²) in [5.41, 5.74) is 0. The molecule has 0 atom stereocenters. The highest BCUT2D eigenvalue weighted by Crippen LogP contribution is 2.13. The molecule has 32 heavy (non-hydrogen) atoms. The number of unbranched alkanes of at least 4 members (excludes halogenated alkanes) is 15. The lowest BCUT2D eigenvalue weighted by atomic mass is 10.1. The van der Waals surface area contributed by atoms with E-state index in [2.05, 4.69) is 42.0 Å². The van der Waals surface area contributed by atoms with E-state index < -0.39 is 0 Å². The van der Waals surface area contributed by atoms with Crippen molar-refractivity contribution in [1.29, 1.82) is 0 Å². The summed E-state index contributed by atoms with van der Waals surface area (Å²) >= 11 is 0. The van der Waals surface area contributed by atoms with E-state index in [4.69, 9.17) is 0 Å². The lowest BCUT2D eigenvalue weighted by Gasteiger charge is -2.31. The van der Waals surface area contributed by atoms with Gasteiger partial charge >= 0.3 is 0 Å². The van der Waals surface area contributed by atoms with Crippen LogP contribution in [0.4, 0.5) is 0 Å². The summed E-state index contributed by atoms with van der Waals surface area (Å²) in [5.74, 6) is 0. The van der Waals surface area contributed by atoms with Gasteiger partial charge in [0.2, 0.25) is 0 Å². The Balaban J connectivity index is -0.00000420. The van der Waals surface area contributed by atoms with E-state index in [-0.39, 0.29) is 24.8 Å². The van der Waals surface area contributed by atoms with E-state index in [1.165, 1.54) is 151 Å². The van der Waals surface area contributed by atoms with E-state index in [0.717, 1.165) is 0 Å². The highest BCUT2D eigenvalue weighted by atomic mass is 35.5. The summed E-state index contributed by atoms with van der Waals surface area (Å²) in [6, 6.07) is 0. The minimum absolute atomic E-state index is 0. The van der Waals surface area contributed by atoms with Crippen LogP contribution in [0.25, 0.3) is 0 Å². The zero-order chi connectivity index (χ0) is 22.6. The molecule has 0 spiro atoms.